The van der Waals surface area contributed by atoms with Crippen molar-refractivity contribution in [2.24, 2.45) is 0 Å². The van der Waals surface area contributed by atoms with E-state index in [2.05, 4.69) is 16.5 Å². The molecule has 3 unspecified atom stereocenters. The molecule has 0 N–H and O–H groups in total. The van der Waals surface area contributed by atoms with Gasteiger partial charge in [-0.05, 0) is 50.1 Å². The molecule has 3 rings (SSSR count). The third kappa shape index (κ3) is 2.93. The van der Waals surface area contributed by atoms with Gasteiger partial charge in [-0.3, -0.25) is 0 Å². The number of fused-ring (bicyclic) bond motifs is 1. The lowest BCUT2D eigenvalue weighted by atomic mass is 10.2. The molecule has 2 aromatic rings. The topological polar surface area (TPSA) is 17.8 Å². The molecule has 1 aromatic heterocycles. The molecule has 2 nitrogen and oxygen atoms in total. The van der Waals surface area contributed by atoms with Crippen LogP contribution in [0.25, 0.3) is 11.0 Å². The van der Waals surface area contributed by atoms with Crippen molar-refractivity contribution in [3.05, 3.63) is 29.8 Å². The van der Waals surface area contributed by atoms with Gasteiger partial charge in [0.1, 0.15) is 11.6 Å². The number of benzene rings is 1. The van der Waals surface area contributed by atoms with E-state index >= 15 is 0 Å². The van der Waals surface area contributed by atoms with Gasteiger partial charge in [0.15, 0.2) is 0 Å². The monoisotopic (exact) mass is 326 g/mol. The summed E-state index contributed by atoms with van der Waals surface area (Å²) in [6.07, 6.45) is 3.46. The molecule has 114 valence electrons. The normalized spacial score (nSPS) is 23.8. The lowest BCUT2D eigenvalue weighted by Crippen LogP contribution is -2.11. The first-order valence-corrected chi connectivity index (χ1v) is 9.01. The zero-order chi connectivity index (χ0) is 15.0. The Hall–Kier alpha value is -0.740. The lowest BCUT2D eigenvalue weighted by Gasteiger charge is -2.18. The molecule has 0 bridgehead atoms. The zero-order valence-corrected chi connectivity index (χ0v) is 13.9. The van der Waals surface area contributed by atoms with Gasteiger partial charge in [0.25, 0.3) is 0 Å². The Kier molecular flexibility index (Phi) is 4.46. The summed E-state index contributed by atoms with van der Waals surface area (Å²) in [5.74, 6) is 1.80. The van der Waals surface area contributed by atoms with Gasteiger partial charge in [-0.25, -0.2) is 9.37 Å². The first-order valence-electron chi connectivity index (χ1n) is 7.53. The number of thioether (sulfide) groups is 1. The predicted molar refractivity (Wildman–Crippen MR) is 88.8 cm³/mol. The third-order valence-electron chi connectivity index (χ3n) is 4.16. The van der Waals surface area contributed by atoms with Crippen LogP contribution in [0.4, 0.5) is 4.39 Å². The third-order valence-corrected chi connectivity index (χ3v) is 5.59. The van der Waals surface area contributed by atoms with Crippen LogP contribution in [0.3, 0.4) is 0 Å². The summed E-state index contributed by atoms with van der Waals surface area (Å²) in [5.41, 5.74) is 1.72. The molecule has 3 atom stereocenters. The first-order chi connectivity index (χ1) is 10.1. The summed E-state index contributed by atoms with van der Waals surface area (Å²) >= 11 is 8.34. The summed E-state index contributed by atoms with van der Waals surface area (Å²) in [5, 5.41) is 0.530. The van der Waals surface area contributed by atoms with Crippen molar-refractivity contribution in [2.75, 3.05) is 5.75 Å². The van der Waals surface area contributed by atoms with E-state index < -0.39 is 0 Å². The maximum absolute atomic E-state index is 13.6. The summed E-state index contributed by atoms with van der Waals surface area (Å²) < 4.78 is 15.8. The number of imidazole rings is 1. The minimum absolute atomic E-state index is 0.168. The highest BCUT2D eigenvalue weighted by atomic mass is 35.5. The molecule has 5 heteroatoms. The lowest BCUT2D eigenvalue weighted by molar-refractivity contribution is 0.510. The predicted octanol–water partition coefficient (Wildman–Crippen LogP) is 5.32. The van der Waals surface area contributed by atoms with Crippen LogP contribution in [-0.4, -0.2) is 20.6 Å². The number of alkyl halides is 1. The van der Waals surface area contributed by atoms with Crippen molar-refractivity contribution >= 4 is 34.4 Å². The highest BCUT2D eigenvalue weighted by molar-refractivity contribution is 7.99. The second-order valence-electron chi connectivity index (χ2n) is 5.63. The number of halogens is 2. The van der Waals surface area contributed by atoms with Crippen molar-refractivity contribution in [1.29, 1.82) is 0 Å². The molecule has 1 aromatic carbocycles. The summed E-state index contributed by atoms with van der Waals surface area (Å²) in [7, 11) is 0. The number of hydrogen-bond acceptors (Lipinski definition) is 2. The van der Waals surface area contributed by atoms with Crippen LogP contribution >= 0.6 is 23.4 Å². The fourth-order valence-electron chi connectivity index (χ4n) is 3.29. The zero-order valence-electron chi connectivity index (χ0n) is 12.4. The van der Waals surface area contributed by atoms with E-state index in [0.29, 0.717) is 11.3 Å². The van der Waals surface area contributed by atoms with Gasteiger partial charge >= 0.3 is 0 Å². The summed E-state index contributed by atoms with van der Waals surface area (Å²) in [6, 6.07) is 5.19. The summed E-state index contributed by atoms with van der Waals surface area (Å²) in [6.45, 7) is 4.13. The van der Waals surface area contributed by atoms with Crippen LogP contribution in [0.2, 0.25) is 0 Å². The standard InChI is InChI=1S/C16H20ClFN2S/c1-3-21-13-6-5-12(9-13)20-15-8-11(18)4-7-14(15)19-16(20)10(2)17/h4,7-8,10,12-13H,3,5-6,9H2,1-2H3. The van der Waals surface area contributed by atoms with Crippen LogP contribution in [0.5, 0.6) is 0 Å². The highest BCUT2D eigenvalue weighted by Gasteiger charge is 2.29. The van der Waals surface area contributed by atoms with Crippen LogP contribution in [0, 0.1) is 5.82 Å². The fourth-order valence-corrected chi connectivity index (χ4v) is 4.57. The van der Waals surface area contributed by atoms with Crippen molar-refractivity contribution in [3.63, 3.8) is 0 Å². The molecule has 0 radical (unpaired) electrons. The van der Waals surface area contributed by atoms with Gasteiger partial charge in [-0.1, -0.05) is 6.92 Å². The SMILES string of the molecule is CCSC1CCC(n2c(C(C)Cl)nc3ccc(F)cc32)C1. The molecule has 21 heavy (non-hydrogen) atoms. The molecule has 0 saturated heterocycles. The van der Waals surface area contributed by atoms with Crippen molar-refractivity contribution < 1.29 is 4.39 Å². The second-order valence-corrected chi connectivity index (χ2v) is 7.87. The van der Waals surface area contributed by atoms with Gasteiger partial charge in [0.05, 0.1) is 16.4 Å². The van der Waals surface area contributed by atoms with E-state index in [9.17, 15) is 4.39 Å². The van der Waals surface area contributed by atoms with E-state index in [1.165, 1.54) is 12.5 Å². The molecule has 1 aliphatic carbocycles. The van der Waals surface area contributed by atoms with Crippen molar-refractivity contribution in [1.82, 2.24) is 9.55 Å². The van der Waals surface area contributed by atoms with E-state index in [1.807, 2.05) is 18.7 Å². The van der Waals surface area contributed by atoms with E-state index in [0.717, 1.165) is 35.5 Å². The average molecular weight is 327 g/mol. The fraction of sp³-hybridized carbons (Fsp3) is 0.562. The molecule has 1 saturated carbocycles. The Balaban J connectivity index is 2.03. The van der Waals surface area contributed by atoms with Crippen LogP contribution < -0.4 is 0 Å². The Morgan fingerprint density at radius 1 is 1.48 bits per heavy atom. The minimum atomic E-state index is -0.213. The van der Waals surface area contributed by atoms with Crippen molar-refractivity contribution in [3.8, 4) is 0 Å². The van der Waals surface area contributed by atoms with Gasteiger partial charge in [0.2, 0.25) is 0 Å². The largest absolute Gasteiger partial charge is 0.323 e. The minimum Gasteiger partial charge on any atom is -0.323 e. The van der Waals surface area contributed by atoms with Gasteiger partial charge in [0, 0.05) is 11.3 Å². The first kappa shape index (κ1) is 15.2. The Bertz CT molecular complexity index is 640. The highest BCUT2D eigenvalue weighted by Crippen LogP contribution is 2.40. The quantitative estimate of drug-likeness (QED) is 0.707. The number of nitrogens with zero attached hydrogens (tertiary/aromatic N) is 2. The van der Waals surface area contributed by atoms with Gasteiger partial charge < -0.3 is 4.57 Å². The number of rotatable bonds is 4. The van der Waals surface area contributed by atoms with Crippen molar-refractivity contribution in [2.45, 2.75) is 49.8 Å². The molecule has 1 aliphatic rings. The maximum Gasteiger partial charge on any atom is 0.127 e. The van der Waals surface area contributed by atoms with Crippen LogP contribution in [0.1, 0.15) is 50.4 Å². The average Bonchev–Trinajstić information content (AvgIpc) is 3.02. The maximum atomic E-state index is 13.6. The molecule has 0 amide bonds. The number of aromatic nitrogens is 2. The van der Waals surface area contributed by atoms with E-state index in [4.69, 9.17) is 11.6 Å². The molecule has 1 fully saturated rings. The Morgan fingerprint density at radius 2 is 2.29 bits per heavy atom. The molecule has 1 heterocycles. The van der Waals surface area contributed by atoms with Crippen LogP contribution in [0.15, 0.2) is 18.2 Å². The molecular weight excluding hydrogens is 307 g/mol. The molecule has 0 aliphatic heterocycles. The summed E-state index contributed by atoms with van der Waals surface area (Å²) in [4.78, 5) is 4.63. The second kappa shape index (κ2) is 6.17. The van der Waals surface area contributed by atoms with E-state index in [-0.39, 0.29) is 11.2 Å². The van der Waals surface area contributed by atoms with Crippen LogP contribution in [-0.2, 0) is 0 Å². The molecular formula is C16H20ClFN2S. The van der Waals surface area contributed by atoms with Gasteiger partial charge in [-0.15, -0.1) is 11.6 Å². The Morgan fingerprint density at radius 3 is 3.00 bits per heavy atom. The van der Waals surface area contributed by atoms with Gasteiger partial charge in [-0.2, -0.15) is 11.8 Å². The smallest absolute Gasteiger partial charge is 0.127 e. The Labute approximate surface area is 134 Å². The number of hydrogen-bond donors (Lipinski definition) is 0. The molecule has 0 spiro atoms. The van der Waals surface area contributed by atoms with E-state index in [1.54, 1.807) is 12.1 Å².